The fourth-order valence-corrected chi connectivity index (χ4v) is 1.28. The quantitative estimate of drug-likeness (QED) is 0.665. The molecular formula is C9H12N6O. The Morgan fingerprint density at radius 3 is 3.00 bits per heavy atom. The number of hydrogen-bond donors (Lipinski definition) is 3. The van der Waals surface area contributed by atoms with Crippen LogP contribution in [0.3, 0.4) is 0 Å². The molecule has 7 nitrogen and oxygen atoms in total. The third-order valence-corrected chi connectivity index (χ3v) is 2.05. The molecule has 84 valence electrons. The summed E-state index contributed by atoms with van der Waals surface area (Å²) < 4.78 is 0. The van der Waals surface area contributed by atoms with Gasteiger partial charge in [-0.1, -0.05) is 5.21 Å². The van der Waals surface area contributed by atoms with Gasteiger partial charge in [0.25, 0.3) is 0 Å². The van der Waals surface area contributed by atoms with Gasteiger partial charge in [0, 0.05) is 12.2 Å². The van der Waals surface area contributed by atoms with E-state index in [9.17, 15) is 5.11 Å². The number of aromatic amines is 1. The van der Waals surface area contributed by atoms with E-state index in [0.717, 1.165) is 5.69 Å². The summed E-state index contributed by atoms with van der Waals surface area (Å²) in [6.07, 6.45) is 0. The number of hydrogen-bond acceptors (Lipinski definition) is 6. The molecule has 0 bridgehead atoms. The lowest BCUT2D eigenvalue weighted by Crippen LogP contribution is -2.15. The van der Waals surface area contributed by atoms with Crippen molar-refractivity contribution in [1.29, 1.82) is 0 Å². The second-order valence-electron chi connectivity index (χ2n) is 3.35. The largest absolute Gasteiger partial charge is 0.506 e. The van der Waals surface area contributed by atoms with Gasteiger partial charge in [-0.05, 0) is 19.1 Å². The van der Waals surface area contributed by atoms with E-state index in [1.165, 1.54) is 0 Å². The number of aromatic hydroxyl groups is 1. The lowest BCUT2D eigenvalue weighted by molar-refractivity contribution is 0.458. The lowest BCUT2D eigenvalue weighted by atomic mass is 10.3. The molecule has 0 aliphatic heterocycles. The molecule has 0 amide bonds. The van der Waals surface area contributed by atoms with E-state index >= 15 is 0 Å². The zero-order valence-corrected chi connectivity index (χ0v) is 8.80. The first-order valence-electron chi connectivity index (χ1n) is 4.84. The number of H-pyrrole nitrogens is 1. The minimum atomic E-state index is 0.186. The van der Waals surface area contributed by atoms with Crippen molar-refractivity contribution in [3.05, 3.63) is 29.3 Å². The molecule has 2 heterocycles. The summed E-state index contributed by atoms with van der Waals surface area (Å²) in [7, 11) is 0. The molecule has 0 aromatic carbocycles. The molecular weight excluding hydrogens is 208 g/mol. The van der Waals surface area contributed by atoms with Crippen molar-refractivity contribution in [2.45, 2.75) is 20.0 Å². The van der Waals surface area contributed by atoms with E-state index in [2.05, 4.69) is 30.9 Å². The molecule has 2 rings (SSSR count). The highest BCUT2D eigenvalue weighted by molar-refractivity contribution is 5.27. The normalized spacial score (nSPS) is 10.6. The number of nitrogens with zero attached hydrogens (tertiary/aromatic N) is 4. The van der Waals surface area contributed by atoms with Gasteiger partial charge >= 0.3 is 0 Å². The second kappa shape index (κ2) is 4.67. The SMILES string of the molecule is Cc1ccc(O)c(CNCc2nn[nH]n2)n1. The molecule has 0 aliphatic rings. The Morgan fingerprint density at radius 1 is 1.38 bits per heavy atom. The van der Waals surface area contributed by atoms with Gasteiger partial charge in [0.05, 0.1) is 12.2 Å². The minimum Gasteiger partial charge on any atom is -0.506 e. The van der Waals surface area contributed by atoms with Crippen LogP contribution in [0.25, 0.3) is 0 Å². The average Bonchev–Trinajstić information content (AvgIpc) is 2.76. The first-order chi connectivity index (χ1) is 7.75. The Morgan fingerprint density at radius 2 is 2.25 bits per heavy atom. The van der Waals surface area contributed by atoms with Gasteiger partial charge in [0.15, 0.2) is 5.82 Å². The van der Waals surface area contributed by atoms with E-state index in [1.807, 2.05) is 6.92 Å². The molecule has 16 heavy (non-hydrogen) atoms. The average molecular weight is 220 g/mol. The maximum Gasteiger partial charge on any atom is 0.188 e. The van der Waals surface area contributed by atoms with Crippen LogP contribution in [0.2, 0.25) is 0 Å². The van der Waals surface area contributed by atoms with Crippen LogP contribution < -0.4 is 5.32 Å². The number of aromatic nitrogens is 5. The molecule has 0 unspecified atom stereocenters. The number of rotatable bonds is 4. The monoisotopic (exact) mass is 220 g/mol. The van der Waals surface area contributed by atoms with Gasteiger partial charge < -0.3 is 10.4 Å². The van der Waals surface area contributed by atoms with Crippen LogP contribution in [0.15, 0.2) is 12.1 Å². The Balaban J connectivity index is 1.92. The van der Waals surface area contributed by atoms with Gasteiger partial charge in [-0.25, -0.2) is 0 Å². The van der Waals surface area contributed by atoms with Crippen LogP contribution >= 0.6 is 0 Å². The molecule has 0 atom stereocenters. The maximum atomic E-state index is 9.54. The van der Waals surface area contributed by atoms with Crippen molar-refractivity contribution in [2.75, 3.05) is 0 Å². The van der Waals surface area contributed by atoms with E-state index in [1.54, 1.807) is 12.1 Å². The summed E-state index contributed by atoms with van der Waals surface area (Å²) in [6.45, 7) is 2.82. The minimum absolute atomic E-state index is 0.186. The zero-order valence-electron chi connectivity index (χ0n) is 8.80. The zero-order chi connectivity index (χ0) is 11.4. The lowest BCUT2D eigenvalue weighted by Gasteiger charge is -2.05. The number of nitrogens with one attached hydrogen (secondary N) is 2. The molecule has 2 aromatic rings. The van der Waals surface area contributed by atoms with Gasteiger partial charge in [-0.3, -0.25) is 4.98 Å². The molecule has 0 saturated carbocycles. The van der Waals surface area contributed by atoms with Gasteiger partial charge in [-0.2, -0.15) is 5.21 Å². The fourth-order valence-electron chi connectivity index (χ4n) is 1.28. The summed E-state index contributed by atoms with van der Waals surface area (Å²) in [5, 5.41) is 26.0. The van der Waals surface area contributed by atoms with Crippen molar-refractivity contribution in [2.24, 2.45) is 0 Å². The molecule has 0 fully saturated rings. The van der Waals surface area contributed by atoms with E-state index < -0.39 is 0 Å². The van der Waals surface area contributed by atoms with Crippen molar-refractivity contribution in [3.63, 3.8) is 0 Å². The van der Waals surface area contributed by atoms with E-state index in [4.69, 9.17) is 0 Å². The van der Waals surface area contributed by atoms with Gasteiger partial charge in [-0.15, -0.1) is 10.2 Å². The highest BCUT2D eigenvalue weighted by atomic mass is 16.3. The standard InChI is InChI=1S/C9H12N6O/c1-6-2-3-8(16)7(11-6)4-10-5-9-12-14-15-13-9/h2-3,10,16H,4-5H2,1H3,(H,12,13,14,15). The number of aryl methyl sites for hydroxylation is 1. The van der Waals surface area contributed by atoms with Crippen LogP contribution in [0.5, 0.6) is 5.75 Å². The molecule has 3 N–H and O–H groups in total. The van der Waals surface area contributed by atoms with Crippen LogP contribution in [-0.4, -0.2) is 30.7 Å². The molecule has 0 spiro atoms. The summed E-state index contributed by atoms with van der Waals surface area (Å²) in [4.78, 5) is 4.21. The molecule has 0 radical (unpaired) electrons. The van der Waals surface area contributed by atoms with Crippen LogP contribution in [0.1, 0.15) is 17.2 Å². The van der Waals surface area contributed by atoms with Crippen molar-refractivity contribution >= 4 is 0 Å². The second-order valence-corrected chi connectivity index (χ2v) is 3.35. The predicted octanol–water partition coefficient (Wildman–Crippen LogP) is -0.101. The highest BCUT2D eigenvalue weighted by Gasteiger charge is 2.03. The maximum absolute atomic E-state index is 9.54. The Labute approximate surface area is 91.9 Å². The Bertz CT molecular complexity index is 455. The van der Waals surface area contributed by atoms with Crippen LogP contribution in [0.4, 0.5) is 0 Å². The van der Waals surface area contributed by atoms with Crippen LogP contribution in [0, 0.1) is 6.92 Å². The van der Waals surface area contributed by atoms with E-state index in [-0.39, 0.29) is 5.75 Å². The summed E-state index contributed by atoms with van der Waals surface area (Å²) >= 11 is 0. The molecule has 0 aliphatic carbocycles. The summed E-state index contributed by atoms with van der Waals surface area (Å²) in [5.74, 6) is 0.762. The van der Waals surface area contributed by atoms with Crippen molar-refractivity contribution in [1.82, 2.24) is 30.9 Å². The topological polar surface area (TPSA) is 99.6 Å². The predicted molar refractivity (Wildman–Crippen MR) is 55.4 cm³/mol. The fraction of sp³-hybridized carbons (Fsp3) is 0.333. The molecule has 7 heteroatoms. The smallest absolute Gasteiger partial charge is 0.188 e. The van der Waals surface area contributed by atoms with Crippen LogP contribution in [-0.2, 0) is 13.1 Å². The molecule has 0 saturated heterocycles. The third-order valence-electron chi connectivity index (χ3n) is 2.05. The third kappa shape index (κ3) is 2.51. The molecule has 2 aromatic heterocycles. The Kier molecular flexibility index (Phi) is 3.06. The van der Waals surface area contributed by atoms with E-state index in [0.29, 0.717) is 24.6 Å². The highest BCUT2D eigenvalue weighted by Crippen LogP contribution is 2.13. The number of pyridine rings is 1. The summed E-state index contributed by atoms with van der Waals surface area (Å²) in [6, 6.07) is 3.39. The van der Waals surface area contributed by atoms with Gasteiger partial charge in [0.1, 0.15) is 5.75 Å². The Hall–Kier alpha value is -2.02. The first-order valence-corrected chi connectivity index (χ1v) is 4.84. The van der Waals surface area contributed by atoms with Gasteiger partial charge in [0.2, 0.25) is 0 Å². The number of tetrazole rings is 1. The first kappa shape index (κ1) is 10.5. The van der Waals surface area contributed by atoms with Crippen molar-refractivity contribution < 1.29 is 5.11 Å². The van der Waals surface area contributed by atoms with Crippen molar-refractivity contribution in [3.8, 4) is 5.75 Å². The summed E-state index contributed by atoms with van der Waals surface area (Å²) in [5.41, 5.74) is 1.48.